The van der Waals surface area contributed by atoms with Crippen molar-refractivity contribution in [2.45, 2.75) is 69.9 Å². The van der Waals surface area contributed by atoms with Crippen molar-refractivity contribution >= 4 is 0 Å². The van der Waals surface area contributed by atoms with E-state index in [1.54, 1.807) is 0 Å². The smallest absolute Gasteiger partial charge is 0.0702 e. The third kappa shape index (κ3) is 4.19. The second-order valence-electron chi connectivity index (χ2n) is 6.99. The fourth-order valence-electron chi connectivity index (χ4n) is 4.19. The van der Waals surface area contributed by atoms with Gasteiger partial charge in [0.15, 0.2) is 0 Å². The Morgan fingerprint density at radius 3 is 2.40 bits per heavy atom. The first-order chi connectivity index (χ1) is 9.92. The van der Waals surface area contributed by atoms with E-state index in [0.29, 0.717) is 6.10 Å². The van der Waals surface area contributed by atoms with Gasteiger partial charge in [-0.25, -0.2) is 0 Å². The van der Waals surface area contributed by atoms with E-state index in [2.05, 4.69) is 9.80 Å². The lowest BCUT2D eigenvalue weighted by molar-refractivity contribution is -0.0167. The fourth-order valence-corrected chi connectivity index (χ4v) is 4.19. The molecule has 3 heterocycles. The van der Waals surface area contributed by atoms with Crippen molar-refractivity contribution in [3.63, 3.8) is 0 Å². The summed E-state index contributed by atoms with van der Waals surface area (Å²) in [5, 5.41) is 0. The molecule has 0 bridgehead atoms. The highest BCUT2D eigenvalue weighted by atomic mass is 16.5. The summed E-state index contributed by atoms with van der Waals surface area (Å²) in [5.41, 5.74) is 0. The third-order valence-corrected chi connectivity index (χ3v) is 5.37. The van der Waals surface area contributed by atoms with Gasteiger partial charge in [-0.3, -0.25) is 9.80 Å². The molecule has 3 fully saturated rings. The lowest BCUT2D eigenvalue weighted by atomic mass is 10.0. The van der Waals surface area contributed by atoms with Crippen molar-refractivity contribution in [1.82, 2.24) is 9.80 Å². The molecule has 0 spiro atoms. The minimum absolute atomic E-state index is 0.520. The Morgan fingerprint density at radius 2 is 1.65 bits per heavy atom. The summed E-state index contributed by atoms with van der Waals surface area (Å²) < 4.78 is 5.93. The molecule has 3 heteroatoms. The van der Waals surface area contributed by atoms with Gasteiger partial charge >= 0.3 is 0 Å². The SMILES string of the molecule is C1CCCN(C2CCCN(CC3CCCCO3)C2)CC1. The van der Waals surface area contributed by atoms with Crippen LogP contribution in [-0.4, -0.2) is 61.3 Å². The molecule has 0 aromatic rings. The first kappa shape index (κ1) is 14.8. The molecule has 3 rings (SSSR count). The second-order valence-corrected chi connectivity index (χ2v) is 6.99. The first-order valence-electron chi connectivity index (χ1n) is 9.00. The van der Waals surface area contributed by atoms with Gasteiger partial charge < -0.3 is 4.74 Å². The second kappa shape index (κ2) is 7.77. The van der Waals surface area contributed by atoms with E-state index in [9.17, 15) is 0 Å². The molecule has 2 atom stereocenters. The lowest BCUT2D eigenvalue weighted by Crippen LogP contribution is -2.50. The van der Waals surface area contributed by atoms with Crippen LogP contribution in [-0.2, 0) is 4.74 Å². The molecule has 3 aliphatic heterocycles. The molecule has 0 amide bonds. The Hall–Kier alpha value is -0.120. The Bertz CT molecular complexity index is 270. The van der Waals surface area contributed by atoms with E-state index in [-0.39, 0.29) is 0 Å². The Morgan fingerprint density at radius 1 is 0.800 bits per heavy atom. The van der Waals surface area contributed by atoms with Gasteiger partial charge in [-0.2, -0.15) is 0 Å². The number of hydrogen-bond acceptors (Lipinski definition) is 3. The van der Waals surface area contributed by atoms with Crippen LogP contribution in [0.2, 0.25) is 0 Å². The summed E-state index contributed by atoms with van der Waals surface area (Å²) in [5.74, 6) is 0. The highest BCUT2D eigenvalue weighted by molar-refractivity contribution is 4.83. The van der Waals surface area contributed by atoms with Gasteiger partial charge in [0.25, 0.3) is 0 Å². The third-order valence-electron chi connectivity index (χ3n) is 5.37. The molecule has 3 nitrogen and oxygen atoms in total. The van der Waals surface area contributed by atoms with E-state index >= 15 is 0 Å². The van der Waals surface area contributed by atoms with E-state index in [0.717, 1.165) is 12.6 Å². The van der Waals surface area contributed by atoms with Crippen LogP contribution < -0.4 is 0 Å². The summed E-state index contributed by atoms with van der Waals surface area (Å²) in [4.78, 5) is 5.48. The summed E-state index contributed by atoms with van der Waals surface area (Å²) in [6, 6.07) is 0.824. The zero-order valence-corrected chi connectivity index (χ0v) is 13.1. The maximum Gasteiger partial charge on any atom is 0.0702 e. The van der Waals surface area contributed by atoms with Gasteiger partial charge in [-0.15, -0.1) is 0 Å². The highest BCUT2D eigenvalue weighted by Crippen LogP contribution is 2.22. The quantitative estimate of drug-likeness (QED) is 0.790. The molecule has 20 heavy (non-hydrogen) atoms. The standard InChI is InChI=1S/C17H32N2O/c1-2-5-12-19(11-4-1)16-8-7-10-18(14-16)15-17-9-3-6-13-20-17/h16-17H,1-15H2. The van der Waals surface area contributed by atoms with Crippen LogP contribution in [0.25, 0.3) is 0 Å². The molecule has 0 aliphatic carbocycles. The van der Waals surface area contributed by atoms with E-state index in [4.69, 9.17) is 4.74 Å². The van der Waals surface area contributed by atoms with Gasteiger partial charge in [0.05, 0.1) is 6.10 Å². The van der Waals surface area contributed by atoms with Crippen molar-refractivity contribution in [1.29, 1.82) is 0 Å². The van der Waals surface area contributed by atoms with Crippen LogP contribution in [0.5, 0.6) is 0 Å². The number of rotatable bonds is 3. The maximum absolute atomic E-state index is 5.93. The van der Waals surface area contributed by atoms with Crippen LogP contribution in [0.1, 0.15) is 57.8 Å². The number of hydrogen-bond donors (Lipinski definition) is 0. The van der Waals surface area contributed by atoms with Crippen molar-refractivity contribution in [2.75, 3.05) is 39.3 Å². The topological polar surface area (TPSA) is 15.7 Å². The summed E-state index contributed by atoms with van der Waals surface area (Å²) >= 11 is 0. The minimum atomic E-state index is 0.520. The molecule has 0 aromatic heterocycles. The number of likely N-dealkylation sites (tertiary alicyclic amines) is 2. The number of nitrogens with zero attached hydrogens (tertiary/aromatic N) is 2. The van der Waals surface area contributed by atoms with E-state index < -0.39 is 0 Å². The van der Waals surface area contributed by atoms with Gasteiger partial charge in [-0.05, 0) is 64.6 Å². The summed E-state index contributed by atoms with van der Waals surface area (Å²) in [7, 11) is 0. The number of ether oxygens (including phenoxy) is 1. The molecular weight excluding hydrogens is 248 g/mol. The predicted molar refractivity (Wildman–Crippen MR) is 83.1 cm³/mol. The number of piperidine rings is 1. The van der Waals surface area contributed by atoms with Crippen molar-refractivity contribution < 1.29 is 4.74 Å². The zero-order chi connectivity index (χ0) is 13.6. The Labute approximate surface area is 124 Å². The lowest BCUT2D eigenvalue weighted by Gasteiger charge is -2.40. The molecule has 0 aromatic carbocycles. The van der Waals surface area contributed by atoms with Crippen molar-refractivity contribution in [3.8, 4) is 0 Å². The van der Waals surface area contributed by atoms with Gasteiger partial charge in [0.1, 0.15) is 0 Å². The molecule has 116 valence electrons. The highest BCUT2D eigenvalue weighted by Gasteiger charge is 2.27. The van der Waals surface area contributed by atoms with E-state index in [1.165, 1.54) is 90.5 Å². The maximum atomic E-state index is 5.93. The molecule has 0 N–H and O–H groups in total. The molecule has 0 radical (unpaired) electrons. The van der Waals surface area contributed by atoms with Crippen molar-refractivity contribution in [2.24, 2.45) is 0 Å². The van der Waals surface area contributed by atoms with Gasteiger partial charge in [0.2, 0.25) is 0 Å². The van der Waals surface area contributed by atoms with Crippen LogP contribution in [0.15, 0.2) is 0 Å². The largest absolute Gasteiger partial charge is 0.377 e. The molecule has 3 saturated heterocycles. The van der Waals surface area contributed by atoms with Crippen LogP contribution >= 0.6 is 0 Å². The summed E-state index contributed by atoms with van der Waals surface area (Å²) in [6.45, 7) is 7.46. The normalized spacial score (nSPS) is 34.8. The predicted octanol–water partition coefficient (Wildman–Crippen LogP) is 2.90. The molecule has 2 unspecified atom stereocenters. The first-order valence-corrected chi connectivity index (χ1v) is 9.00. The Kier molecular flexibility index (Phi) is 5.75. The molecule has 0 saturated carbocycles. The van der Waals surface area contributed by atoms with Crippen LogP contribution in [0.3, 0.4) is 0 Å². The average molecular weight is 280 g/mol. The summed E-state index contributed by atoms with van der Waals surface area (Å²) in [6.07, 6.45) is 13.0. The van der Waals surface area contributed by atoms with Crippen molar-refractivity contribution in [3.05, 3.63) is 0 Å². The Balaban J connectivity index is 1.47. The average Bonchev–Trinajstić information content (AvgIpc) is 2.78. The molecule has 3 aliphatic rings. The zero-order valence-electron chi connectivity index (χ0n) is 13.1. The fraction of sp³-hybridized carbons (Fsp3) is 1.00. The van der Waals surface area contributed by atoms with Crippen LogP contribution in [0, 0.1) is 0 Å². The van der Waals surface area contributed by atoms with Crippen LogP contribution in [0.4, 0.5) is 0 Å². The minimum Gasteiger partial charge on any atom is -0.377 e. The monoisotopic (exact) mass is 280 g/mol. The van der Waals surface area contributed by atoms with E-state index in [1.807, 2.05) is 0 Å². The van der Waals surface area contributed by atoms with Gasteiger partial charge in [0, 0.05) is 25.7 Å². The van der Waals surface area contributed by atoms with Gasteiger partial charge in [-0.1, -0.05) is 12.8 Å². The molecular formula is C17H32N2O.